The standard InChI is InChI=1S/C17H26O4/c1-4-5-6-7-8-9-10-11-13-14(18)12-15(20-2)16(19)17(13)21-3/h12H,4-11H2,1-3H3. The van der Waals surface area contributed by atoms with Gasteiger partial charge in [-0.3, -0.25) is 9.59 Å². The number of Topliss-reactive ketones (excluding diaryl/α,β-unsaturated/α-hetero) is 1. The molecule has 0 aromatic carbocycles. The van der Waals surface area contributed by atoms with Crippen LogP contribution in [0.15, 0.2) is 23.2 Å². The molecule has 4 heteroatoms. The molecule has 0 radical (unpaired) electrons. The first-order valence-corrected chi connectivity index (χ1v) is 7.77. The number of carbonyl (C=O) groups is 2. The number of hydrogen-bond acceptors (Lipinski definition) is 4. The summed E-state index contributed by atoms with van der Waals surface area (Å²) in [5, 5.41) is 0. The van der Waals surface area contributed by atoms with Crippen LogP contribution in [0.5, 0.6) is 0 Å². The maximum absolute atomic E-state index is 12.0. The normalized spacial score (nSPS) is 15.3. The largest absolute Gasteiger partial charge is 0.492 e. The van der Waals surface area contributed by atoms with Gasteiger partial charge in [0.1, 0.15) is 0 Å². The summed E-state index contributed by atoms with van der Waals surface area (Å²) in [5.41, 5.74) is 0.483. The number of ketones is 2. The lowest BCUT2D eigenvalue weighted by Gasteiger charge is -2.17. The summed E-state index contributed by atoms with van der Waals surface area (Å²) in [6.07, 6.45) is 10.1. The van der Waals surface area contributed by atoms with Crippen molar-refractivity contribution in [3.05, 3.63) is 23.2 Å². The van der Waals surface area contributed by atoms with Crippen molar-refractivity contribution >= 4 is 11.6 Å². The van der Waals surface area contributed by atoms with E-state index in [0.717, 1.165) is 12.8 Å². The van der Waals surface area contributed by atoms with Crippen molar-refractivity contribution in [2.75, 3.05) is 14.2 Å². The van der Waals surface area contributed by atoms with Crippen LogP contribution in [0.2, 0.25) is 0 Å². The maximum atomic E-state index is 12.0. The number of ether oxygens (including phenoxy) is 2. The van der Waals surface area contributed by atoms with Crippen molar-refractivity contribution in [2.24, 2.45) is 0 Å². The number of hydrogen-bond donors (Lipinski definition) is 0. The molecule has 0 unspecified atom stereocenters. The van der Waals surface area contributed by atoms with Crippen molar-refractivity contribution in [1.29, 1.82) is 0 Å². The summed E-state index contributed by atoms with van der Waals surface area (Å²) in [7, 11) is 2.80. The molecular formula is C17H26O4. The molecule has 0 amide bonds. The van der Waals surface area contributed by atoms with Gasteiger partial charge in [-0.15, -0.1) is 0 Å². The van der Waals surface area contributed by atoms with E-state index in [9.17, 15) is 9.59 Å². The van der Waals surface area contributed by atoms with E-state index in [0.29, 0.717) is 12.0 Å². The van der Waals surface area contributed by atoms with Crippen molar-refractivity contribution in [3.63, 3.8) is 0 Å². The van der Waals surface area contributed by atoms with E-state index in [2.05, 4.69) is 6.92 Å². The van der Waals surface area contributed by atoms with E-state index >= 15 is 0 Å². The molecule has 1 aliphatic carbocycles. The molecule has 1 rings (SSSR count). The zero-order chi connectivity index (χ0) is 15.7. The number of rotatable bonds is 10. The highest BCUT2D eigenvalue weighted by Crippen LogP contribution is 2.24. The Morgan fingerprint density at radius 2 is 1.52 bits per heavy atom. The summed E-state index contributed by atoms with van der Waals surface area (Å²) in [6.45, 7) is 2.20. The summed E-state index contributed by atoms with van der Waals surface area (Å²) >= 11 is 0. The molecule has 0 aromatic rings. The van der Waals surface area contributed by atoms with Gasteiger partial charge in [0.25, 0.3) is 5.78 Å². The zero-order valence-electron chi connectivity index (χ0n) is 13.4. The first-order chi connectivity index (χ1) is 10.2. The van der Waals surface area contributed by atoms with Crippen molar-refractivity contribution < 1.29 is 19.1 Å². The quantitative estimate of drug-likeness (QED) is 0.455. The lowest BCUT2D eigenvalue weighted by atomic mass is 9.95. The van der Waals surface area contributed by atoms with Gasteiger partial charge in [0, 0.05) is 11.6 Å². The molecule has 0 saturated heterocycles. The van der Waals surface area contributed by atoms with Gasteiger partial charge >= 0.3 is 0 Å². The van der Waals surface area contributed by atoms with Crippen LogP contribution in [0.4, 0.5) is 0 Å². The van der Waals surface area contributed by atoms with E-state index in [4.69, 9.17) is 9.47 Å². The molecule has 21 heavy (non-hydrogen) atoms. The van der Waals surface area contributed by atoms with E-state index in [1.807, 2.05) is 0 Å². The number of unbranched alkanes of at least 4 members (excludes halogenated alkanes) is 6. The van der Waals surface area contributed by atoms with Crippen LogP contribution in [0.1, 0.15) is 58.3 Å². The summed E-state index contributed by atoms with van der Waals surface area (Å²) in [5.74, 6) is -0.308. The Morgan fingerprint density at radius 3 is 2.10 bits per heavy atom. The summed E-state index contributed by atoms with van der Waals surface area (Å²) < 4.78 is 10.0. The monoisotopic (exact) mass is 294 g/mol. The Bertz CT molecular complexity index is 432. The molecule has 0 aromatic heterocycles. The third-order valence-corrected chi connectivity index (χ3v) is 3.72. The molecule has 0 heterocycles. The predicted octanol–water partition coefficient (Wildman–Crippen LogP) is 3.71. The number of carbonyl (C=O) groups excluding carboxylic acids is 2. The molecule has 0 bridgehead atoms. The highest BCUT2D eigenvalue weighted by molar-refractivity contribution is 6.20. The first kappa shape index (κ1) is 17.5. The Kier molecular flexibility index (Phi) is 7.80. The maximum Gasteiger partial charge on any atom is 0.262 e. The van der Waals surface area contributed by atoms with Crippen LogP contribution in [-0.2, 0) is 19.1 Å². The minimum Gasteiger partial charge on any atom is -0.492 e. The Morgan fingerprint density at radius 1 is 0.905 bits per heavy atom. The van der Waals surface area contributed by atoms with Gasteiger partial charge in [0.05, 0.1) is 14.2 Å². The third-order valence-electron chi connectivity index (χ3n) is 3.72. The average molecular weight is 294 g/mol. The van der Waals surface area contributed by atoms with E-state index < -0.39 is 0 Å². The Balaban J connectivity index is 2.49. The van der Waals surface area contributed by atoms with E-state index in [1.165, 1.54) is 52.4 Å². The molecule has 1 aliphatic rings. The molecule has 118 valence electrons. The molecule has 0 atom stereocenters. The molecule has 4 nitrogen and oxygen atoms in total. The van der Waals surface area contributed by atoms with E-state index in [1.54, 1.807) is 0 Å². The van der Waals surface area contributed by atoms with Gasteiger partial charge in [0.2, 0.25) is 0 Å². The molecular weight excluding hydrogens is 268 g/mol. The fraction of sp³-hybridized carbons (Fsp3) is 0.647. The summed E-state index contributed by atoms with van der Waals surface area (Å²) in [6, 6.07) is 0. The van der Waals surface area contributed by atoms with Gasteiger partial charge in [0.15, 0.2) is 17.3 Å². The minimum absolute atomic E-state index is 0.0557. The van der Waals surface area contributed by atoms with Gasteiger partial charge in [-0.25, -0.2) is 0 Å². The Labute approximate surface area is 127 Å². The minimum atomic E-state index is -0.336. The van der Waals surface area contributed by atoms with Gasteiger partial charge < -0.3 is 9.47 Å². The first-order valence-electron chi connectivity index (χ1n) is 7.77. The predicted molar refractivity (Wildman–Crippen MR) is 81.8 cm³/mol. The van der Waals surface area contributed by atoms with Crippen LogP contribution in [0.3, 0.4) is 0 Å². The second-order valence-electron chi connectivity index (χ2n) is 5.29. The van der Waals surface area contributed by atoms with E-state index in [-0.39, 0.29) is 23.1 Å². The number of allylic oxidation sites excluding steroid dienone is 2. The van der Waals surface area contributed by atoms with Gasteiger partial charge in [-0.2, -0.15) is 0 Å². The fourth-order valence-corrected chi connectivity index (χ4v) is 2.50. The second-order valence-corrected chi connectivity index (χ2v) is 5.29. The van der Waals surface area contributed by atoms with Crippen LogP contribution >= 0.6 is 0 Å². The second kappa shape index (κ2) is 9.37. The summed E-state index contributed by atoms with van der Waals surface area (Å²) in [4.78, 5) is 24.1. The average Bonchev–Trinajstić information content (AvgIpc) is 2.49. The third kappa shape index (κ3) is 5.03. The molecule has 0 saturated carbocycles. The van der Waals surface area contributed by atoms with Crippen molar-refractivity contribution in [1.82, 2.24) is 0 Å². The molecule has 0 fully saturated rings. The smallest absolute Gasteiger partial charge is 0.262 e. The van der Waals surface area contributed by atoms with Crippen LogP contribution in [0, 0.1) is 0 Å². The lowest BCUT2D eigenvalue weighted by Crippen LogP contribution is -2.21. The van der Waals surface area contributed by atoms with Crippen molar-refractivity contribution in [2.45, 2.75) is 58.3 Å². The highest BCUT2D eigenvalue weighted by Gasteiger charge is 2.29. The fourth-order valence-electron chi connectivity index (χ4n) is 2.50. The van der Waals surface area contributed by atoms with Gasteiger partial charge in [-0.1, -0.05) is 45.4 Å². The zero-order valence-corrected chi connectivity index (χ0v) is 13.4. The number of methoxy groups -OCH3 is 2. The molecule has 0 aliphatic heterocycles. The highest BCUT2D eigenvalue weighted by atomic mass is 16.5. The van der Waals surface area contributed by atoms with Crippen LogP contribution in [-0.4, -0.2) is 25.8 Å². The van der Waals surface area contributed by atoms with Crippen LogP contribution in [0.25, 0.3) is 0 Å². The SMILES string of the molecule is CCCCCCCCCC1=C(OC)C(=O)C(OC)=CC1=O. The van der Waals surface area contributed by atoms with Gasteiger partial charge in [-0.05, 0) is 12.8 Å². The molecule has 0 N–H and O–H groups in total. The topological polar surface area (TPSA) is 52.6 Å². The lowest BCUT2D eigenvalue weighted by molar-refractivity contribution is -0.121. The Hall–Kier alpha value is -1.58. The van der Waals surface area contributed by atoms with Crippen molar-refractivity contribution in [3.8, 4) is 0 Å². The molecule has 0 spiro atoms. The van der Waals surface area contributed by atoms with Crippen LogP contribution < -0.4 is 0 Å².